The third-order valence-electron chi connectivity index (χ3n) is 5.20. The number of benzene rings is 1. The summed E-state index contributed by atoms with van der Waals surface area (Å²) in [5.41, 5.74) is 0.900. The molecule has 2 N–H and O–H groups in total. The summed E-state index contributed by atoms with van der Waals surface area (Å²) in [6, 6.07) is 10.4. The van der Waals surface area contributed by atoms with Crippen LogP contribution in [0.2, 0.25) is 0 Å². The first kappa shape index (κ1) is 19.9. The maximum absolute atomic E-state index is 12.7. The number of hydrogen-bond donors (Lipinski definition) is 2. The molecule has 1 saturated heterocycles. The zero-order chi connectivity index (χ0) is 19.8. The number of sulfonamides is 1. The van der Waals surface area contributed by atoms with Gasteiger partial charge in [0.05, 0.1) is 15.3 Å². The van der Waals surface area contributed by atoms with Crippen molar-refractivity contribution < 1.29 is 17.9 Å². The highest BCUT2D eigenvalue weighted by molar-refractivity contribution is 9.11. The van der Waals surface area contributed by atoms with Crippen molar-refractivity contribution in [1.82, 2.24) is 5.32 Å². The molecule has 1 amide bonds. The molecule has 6 nitrogen and oxygen atoms in total. The Hall–Kier alpha value is -1.42. The average Bonchev–Trinajstić information content (AvgIpc) is 3.08. The number of nitrogens with one attached hydrogen (secondary N) is 2. The van der Waals surface area contributed by atoms with Crippen LogP contribution in [-0.4, -0.2) is 33.6 Å². The van der Waals surface area contributed by atoms with Crippen molar-refractivity contribution in [3.05, 3.63) is 45.7 Å². The van der Waals surface area contributed by atoms with E-state index in [9.17, 15) is 13.2 Å². The van der Waals surface area contributed by atoms with Crippen molar-refractivity contribution in [3.8, 4) is 0 Å². The van der Waals surface area contributed by atoms with Crippen LogP contribution in [0.1, 0.15) is 31.2 Å². The molecule has 2 aliphatic rings. The molecular formula is C19H21BrN2O4S2. The molecule has 2 fully saturated rings. The van der Waals surface area contributed by atoms with E-state index in [1.54, 1.807) is 24.3 Å². The highest BCUT2D eigenvalue weighted by Crippen LogP contribution is 2.48. The Morgan fingerprint density at radius 1 is 1.21 bits per heavy atom. The number of rotatable bonds is 7. The van der Waals surface area contributed by atoms with Crippen LogP contribution < -0.4 is 10.0 Å². The maximum atomic E-state index is 12.7. The van der Waals surface area contributed by atoms with E-state index < -0.39 is 15.4 Å². The van der Waals surface area contributed by atoms with Gasteiger partial charge in [-0.05, 0) is 71.4 Å². The molecule has 2 heterocycles. The second-order valence-corrected chi connectivity index (χ2v) is 11.5. The highest BCUT2D eigenvalue weighted by Gasteiger charge is 2.51. The molecule has 2 aromatic rings. The van der Waals surface area contributed by atoms with E-state index in [0.717, 1.165) is 53.0 Å². The van der Waals surface area contributed by atoms with Gasteiger partial charge in [-0.1, -0.05) is 12.1 Å². The SMILES string of the molecule is O=C(NCC1CCCO1)C1(c2ccc(NS(=O)(=O)c3ccc(Br)s3)cc2)CC1. The normalized spacial score (nSPS) is 20.7. The lowest BCUT2D eigenvalue weighted by Crippen LogP contribution is -2.39. The van der Waals surface area contributed by atoms with Gasteiger partial charge < -0.3 is 10.1 Å². The number of carbonyl (C=O) groups is 1. The van der Waals surface area contributed by atoms with Crippen molar-refractivity contribution in [1.29, 1.82) is 0 Å². The Morgan fingerprint density at radius 3 is 2.54 bits per heavy atom. The molecule has 1 aromatic heterocycles. The van der Waals surface area contributed by atoms with Crippen LogP contribution in [0.3, 0.4) is 0 Å². The fourth-order valence-corrected chi connectivity index (χ4v) is 6.53. The van der Waals surface area contributed by atoms with Gasteiger partial charge in [-0.25, -0.2) is 8.42 Å². The Bertz CT molecular complexity index is 962. The van der Waals surface area contributed by atoms with Gasteiger partial charge in [0.2, 0.25) is 5.91 Å². The summed E-state index contributed by atoms with van der Waals surface area (Å²) in [5.74, 6) is 0.0276. The van der Waals surface area contributed by atoms with Crippen LogP contribution in [0.15, 0.2) is 44.4 Å². The summed E-state index contributed by atoms with van der Waals surface area (Å²) in [6.45, 7) is 1.32. The molecule has 1 saturated carbocycles. The summed E-state index contributed by atoms with van der Waals surface area (Å²) in [5, 5.41) is 3.02. The van der Waals surface area contributed by atoms with Crippen molar-refractivity contribution >= 4 is 48.9 Å². The third-order valence-corrected chi connectivity index (χ3v) is 8.70. The van der Waals surface area contributed by atoms with Gasteiger partial charge in [-0.3, -0.25) is 9.52 Å². The second-order valence-electron chi connectivity index (χ2n) is 7.17. The molecule has 0 bridgehead atoms. The first-order valence-corrected chi connectivity index (χ1v) is 12.3. The number of amides is 1. The molecule has 1 unspecified atom stereocenters. The summed E-state index contributed by atoms with van der Waals surface area (Å²) in [4.78, 5) is 12.7. The van der Waals surface area contributed by atoms with Gasteiger partial charge in [0.25, 0.3) is 10.0 Å². The smallest absolute Gasteiger partial charge is 0.271 e. The van der Waals surface area contributed by atoms with Crippen LogP contribution >= 0.6 is 27.3 Å². The monoisotopic (exact) mass is 484 g/mol. The number of anilines is 1. The highest BCUT2D eigenvalue weighted by atomic mass is 79.9. The lowest BCUT2D eigenvalue weighted by molar-refractivity contribution is -0.124. The first-order valence-electron chi connectivity index (χ1n) is 9.18. The van der Waals surface area contributed by atoms with Crippen molar-refractivity contribution in [2.24, 2.45) is 0 Å². The van der Waals surface area contributed by atoms with Gasteiger partial charge in [-0.15, -0.1) is 11.3 Å². The first-order chi connectivity index (χ1) is 13.4. The van der Waals surface area contributed by atoms with E-state index in [1.807, 2.05) is 12.1 Å². The molecule has 9 heteroatoms. The van der Waals surface area contributed by atoms with Crippen molar-refractivity contribution in [3.63, 3.8) is 0 Å². The van der Waals surface area contributed by atoms with E-state index in [0.29, 0.717) is 12.2 Å². The van der Waals surface area contributed by atoms with Gasteiger partial charge >= 0.3 is 0 Å². The lowest BCUT2D eigenvalue weighted by Gasteiger charge is -2.18. The molecule has 1 aliphatic carbocycles. The largest absolute Gasteiger partial charge is 0.376 e. The predicted octanol–water partition coefficient (Wildman–Crippen LogP) is 3.64. The molecular weight excluding hydrogens is 464 g/mol. The molecule has 1 atom stereocenters. The van der Waals surface area contributed by atoms with Gasteiger partial charge in [-0.2, -0.15) is 0 Å². The summed E-state index contributed by atoms with van der Waals surface area (Å²) >= 11 is 4.43. The summed E-state index contributed by atoms with van der Waals surface area (Å²) in [7, 11) is -3.61. The van der Waals surface area contributed by atoms with E-state index in [-0.39, 0.29) is 16.2 Å². The Labute approximate surface area is 176 Å². The number of ether oxygens (including phenoxy) is 1. The van der Waals surface area contributed by atoms with Gasteiger partial charge in [0.1, 0.15) is 4.21 Å². The second kappa shape index (κ2) is 7.78. The van der Waals surface area contributed by atoms with Crippen LogP contribution in [0.4, 0.5) is 5.69 Å². The van der Waals surface area contributed by atoms with E-state index in [4.69, 9.17) is 4.74 Å². The fourth-order valence-electron chi connectivity index (χ4n) is 3.46. The molecule has 150 valence electrons. The topological polar surface area (TPSA) is 84.5 Å². The Kier molecular flexibility index (Phi) is 5.52. The lowest BCUT2D eigenvalue weighted by atomic mass is 9.94. The molecule has 0 radical (unpaired) electrons. The molecule has 4 rings (SSSR count). The number of hydrogen-bond acceptors (Lipinski definition) is 5. The number of halogens is 1. The molecule has 1 aromatic carbocycles. The molecule has 0 spiro atoms. The predicted molar refractivity (Wildman–Crippen MR) is 112 cm³/mol. The van der Waals surface area contributed by atoms with Crippen molar-refractivity contribution in [2.45, 2.75) is 41.4 Å². The third kappa shape index (κ3) is 4.12. The van der Waals surface area contributed by atoms with E-state index in [1.165, 1.54) is 0 Å². The Morgan fingerprint density at radius 2 is 1.96 bits per heavy atom. The summed E-state index contributed by atoms with van der Waals surface area (Å²) in [6.07, 6.45) is 3.76. The van der Waals surface area contributed by atoms with Gasteiger partial charge in [0, 0.05) is 18.8 Å². The average molecular weight is 485 g/mol. The zero-order valence-corrected chi connectivity index (χ0v) is 18.3. The molecule has 28 heavy (non-hydrogen) atoms. The Balaban J connectivity index is 1.42. The quantitative estimate of drug-likeness (QED) is 0.628. The number of thiophene rings is 1. The number of carbonyl (C=O) groups excluding carboxylic acids is 1. The zero-order valence-electron chi connectivity index (χ0n) is 15.1. The maximum Gasteiger partial charge on any atom is 0.271 e. The van der Waals surface area contributed by atoms with Gasteiger partial charge in [0.15, 0.2) is 0 Å². The molecule has 1 aliphatic heterocycles. The van der Waals surface area contributed by atoms with Crippen molar-refractivity contribution in [2.75, 3.05) is 17.9 Å². The standard InChI is InChI=1S/C19H21BrN2O4S2/c20-16-7-8-17(27-16)28(24,25)22-14-5-3-13(4-6-14)19(9-10-19)18(23)21-12-15-2-1-11-26-15/h3-8,15,22H,1-2,9-12H2,(H,21,23). The minimum absolute atomic E-state index is 0.0276. The van der Waals surface area contributed by atoms with Crippen LogP contribution in [0.25, 0.3) is 0 Å². The van der Waals surface area contributed by atoms with E-state index >= 15 is 0 Å². The van der Waals surface area contributed by atoms with Crippen LogP contribution in [0, 0.1) is 0 Å². The van der Waals surface area contributed by atoms with Crippen LogP contribution in [-0.2, 0) is 25.0 Å². The fraction of sp³-hybridized carbons (Fsp3) is 0.421. The van der Waals surface area contributed by atoms with E-state index in [2.05, 4.69) is 26.0 Å². The minimum atomic E-state index is -3.61. The minimum Gasteiger partial charge on any atom is -0.376 e. The van der Waals surface area contributed by atoms with Crippen LogP contribution in [0.5, 0.6) is 0 Å². The summed E-state index contributed by atoms with van der Waals surface area (Å²) < 4.78 is 34.0.